The zero-order chi connectivity index (χ0) is 32.8. The van der Waals surface area contributed by atoms with Crippen LogP contribution in [0.4, 0.5) is 11.4 Å². The quantitative estimate of drug-likeness (QED) is 0.193. The van der Waals surface area contributed by atoms with Gasteiger partial charge in [0.25, 0.3) is 0 Å². The molecule has 0 unspecified atom stereocenters. The summed E-state index contributed by atoms with van der Waals surface area (Å²) in [5, 5.41) is 0.161. The van der Waals surface area contributed by atoms with Crippen molar-refractivity contribution in [2.75, 3.05) is 50.3 Å². The number of hydrogen-bond donors (Lipinski definition) is 0. The SMILES string of the molecule is C[C@@H]1CC[C@@H]2[C@@H](C1)c1ccc(OCCO[N+](=O)OCCOc3ccc4c(c3)N(C)C(C)(C)[C@@H]3CC[C@@H](C)C[C@@H]43)cc1N(C)C2(C)C. The molecule has 2 aliphatic heterocycles. The van der Waals surface area contributed by atoms with Crippen molar-refractivity contribution in [1.29, 1.82) is 0 Å². The van der Waals surface area contributed by atoms with E-state index in [2.05, 4.69) is 102 Å². The molecule has 2 heterocycles. The van der Waals surface area contributed by atoms with Crippen LogP contribution in [0.1, 0.15) is 103 Å². The monoisotopic (exact) mass is 634 g/mol. The predicted molar refractivity (Wildman–Crippen MR) is 183 cm³/mol. The zero-order valence-electron chi connectivity index (χ0n) is 29.4. The van der Waals surface area contributed by atoms with Gasteiger partial charge < -0.3 is 19.3 Å². The van der Waals surface area contributed by atoms with Gasteiger partial charge in [-0.2, -0.15) is 9.68 Å². The lowest BCUT2D eigenvalue weighted by molar-refractivity contribution is -0.981. The molecule has 2 saturated carbocycles. The molecule has 0 saturated heterocycles. The van der Waals surface area contributed by atoms with E-state index in [0.29, 0.717) is 23.7 Å². The summed E-state index contributed by atoms with van der Waals surface area (Å²) < 4.78 is 12.0. The second-order valence-corrected chi connectivity index (χ2v) is 15.7. The Morgan fingerprint density at radius 3 is 1.50 bits per heavy atom. The number of benzene rings is 2. The van der Waals surface area contributed by atoms with Crippen LogP contribution in [0.15, 0.2) is 36.4 Å². The van der Waals surface area contributed by atoms with Gasteiger partial charge >= 0.3 is 5.09 Å². The Morgan fingerprint density at radius 2 is 1.09 bits per heavy atom. The number of hydrogen-bond acceptors (Lipinski definition) is 7. The van der Waals surface area contributed by atoms with Gasteiger partial charge in [0, 0.05) is 48.7 Å². The van der Waals surface area contributed by atoms with E-state index < -0.39 is 0 Å². The zero-order valence-corrected chi connectivity index (χ0v) is 29.4. The van der Waals surface area contributed by atoms with Crippen molar-refractivity contribution >= 4 is 11.4 Å². The van der Waals surface area contributed by atoms with Gasteiger partial charge in [-0.1, -0.05) is 38.8 Å². The lowest BCUT2D eigenvalue weighted by atomic mass is 9.62. The van der Waals surface area contributed by atoms with Crippen LogP contribution >= 0.6 is 0 Å². The molecule has 4 aliphatic rings. The molecule has 0 N–H and O–H groups in total. The highest BCUT2D eigenvalue weighted by Gasteiger charge is 2.48. The Bertz CT molecular complexity index is 1310. The van der Waals surface area contributed by atoms with Crippen molar-refractivity contribution in [1.82, 2.24) is 0 Å². The molecule has 8 heteroatoms. The topological polar surface area (TPSA) is 63.5 Å². The largest absolute Gasteiger partial charge is 0.490 e. The Morgan fingerprint density at radius 1 is 0.674 bits per heavy atom. The van der Waals surface area contributed by atoms with Gasteiger partial charge in [-0.05, 0) is 112 Å². The Labute approximate surface area is 276 Å². The van der Waals surface area contributed by atoms with Gasteiger partial charge in [-0.3, -0.25) is 0 Å². The van der Waals surface area contributed by atoms with E-state index in [1.807, 2.05) is 0 Å². The predicted octanol–water partition coefficient (Wildman–Crippen LogP) is 8.28. The maximum atomic E-state index is 12.1. The molecule has 2 aromatic rings. The van der Waals surface area contributed by atoms with Gasteiger partial charge in [0.15, 0.2) is 0 Å². The molecule has 2 aromatic carbocycles. The van der Waals surface area contributed by atoms with E-state index >= 15 is 0 Å². The minimum absolute atomic E-state index is 0.0821. The summed E-state index contributed by atoms with van der Waals surface area (Å²) in [6.45, 7) is 14.9. The second kappa shape index (κ2) is 12.8. The van der Waals surface area contributed by atoms with Crippen LogP contribution in [-0.4, -0.2) is 56.7 Å². The van der Waals surface area contributed by atoms with Gasteiger partial charge in [-0.15, -0.1) is 0 Å². The Hall–Kier alpha value is -3.16. The van der Waals surface area contributed by atoms with Gasteiger partial charge in [0.1, 0.15) is 29.6 Å². The number of rotatable bonds is 10. The molecule has 0 bridgehead atoms. The van der Waals surface area contributed by atoms with Crippen LogP contribution in [0.25, 0.3) is 0 Å². The van der Waals surface area contributed by atoms with Crippen molar-refractivity contribution in [2.24, 2.45) is 23.7 Å². The summed E-state index contributed by atoms with van der Waals surface area (Å²) in [6.07, 6.45) is 7.68. The van der Waals surface area contributed by atoms with Crippen molar-refractivity contribution in [3.8, 4) is 11.5 Å². The van der Waals surface area contributed by atoms with Crippen LogP contribution in [-0.2, 0) is 9.68 Å². The highest BCUT2D eigenvalue weighted by atomic mass is 17.0. The van der Waals surface area contributed by atoms with Crippen molar-refractivity contribution in [3.63, 3.8) is 0 Å². The molecule has 0 aromatic heterocycles. The number of nitrogens with zero attached hydrogens (tertiary/aromatic N) is 3. The lowest BCUT2D eigenvalue weighted by Gasteiger charge is -2.54. The summed E-state index contributed by atoms with van der Waals surface area (Å²) >= 11 is 0. The summed E-state index contributed by atoms with van der Waals surface area (Å²) in [6, 6.07) is 12.9. The molecule has 8 nitrogen and oxygen atoms in total. The van der Waals surface area contributed by atoms with Gasteiger partial charge in [0.05, 0.1) is 0 Å². The Balaban J connectivity index is 0.951. The molecule has 6 atom stereocenters. The molecular weight excluding hydrogens is 578 g/mol. The fourth-order valence-electron chi connectivity index (χ4n) is 9.27. The van der Waals surface area contributed by atoms with Crippen LogP contribution in [0, 0.1) is 28.6 Å². The van der Waals surface area contributed by atoms with Crippen LogP contribution in [0.3, 0.4) is 0 Å². The van der Waals surface area contributed by atoms with E-state index in [9.17, 15) is 4.91 Å². The first-order valence-electron chi connectivity index (χ1n) is 17.6. The molecule has 0 radical (unpaired) electrons. The minimum Gasteiger partial charge on any atom is -0.490 e. The number of ether oxygens (including phenoxy) is 2. The highest BCUT2D eigenvalue weighted by Crippen LogP contribution is 2.55. The van der Waals surface area contributed by atoms with Crippen molar-refractivity contribution < 1.29 is 24.2 Å². The highest BCUT2D eigenvalue weighted by molar-refractivity contribution is 5.63. The molecule has 0 amide bonds. The van der Waals surface area contributed by atoms with Gasteiger partial charge in [-0.25, -0.2) is 0 Å². The summed E-state index contributed by atoms with van der Waals surface area (Å²) in [5.41, 5.74) is 5.54. The fraction of sp³-hybridized carbons (Fsp3) is 0.684. The molecule has 2 aliphatic carbocycles. The van der Waals surface area contributed by atoms with Crippen LogP contribution < -0.4 is 19.3 Å². The van der Waals surface area contributed by atoms with Crippen molar-refractivity contribution in [3.05, 3.63) is 52.4 Å². The summed E-state index contributed by atoms with van der Waals surface area (Å²) in [5.74, 6) is 5.59. The minimum atomic E-state index is 0.0821. The van der Waals surface area contributed by atoms with Gasteiger partial charge in [0.2, 0.25) is 13.2 Å². The normalized spacial score (nSPS) is 29.0. The molecule has 2 fully saturated rings. The first-order valence-corrected chi connectivity index (χ1v) is 17.6. The first kappa shape index (κ1) is 32.8. The Kier molecular flexibility index (Phi) is 9.12. The average molecular weight is 635 g/mol. The third-order valence-corrected chi connectivity index (χ3v) is 12.4. The third kappa shape index (κ3) is 6.13. The maximum Gasteiger partial charge on any atom is 0.477 e. The van der Waals surface area contributed by atoms with Crippen LogP contribution in [0.2, 0.25) is 0 Å². The molecule has 6 rings (SSSR count). The molecule has 46 heavy (non-hydrogen) atoms. The van der Waals surface area contributed by atoms with E-state index in [1.165, 1.54) is 61.0 Å². The third-order valence-electron chi connectivity index (χ3n) is 12.4. The first-order chi connectivity index (χ1) is 21.9. The summed E-state index contributed by atoms with van der Waals surface area (Å²) in [4.78, 5) is 27.4. The molecule has 0 spiro atoms. The standard InChI is InChI=1S/C38H56N3O5/c1-25-9-15-33-31(21-25)29-13-11-27(23-35(29)39(7)37(33,3)4)43-17-19-45-41(42)46-20-18-44-28-12-14-30-32-22-26(2)10-16-34(32)38(5,6)40(8)36(30)24-28/h11-14,23-26,31-34H,9-10,15-22H2,1-8H3/q+1/t25-,26-,31+,32+,33-,34-/m1/s1. The molecular formula is C38H56N3O5+. The van der Waals surface area contributed by atoms with E-state index in [4.69, 9.17) is 19.1 Å². The van der Waals surface area contributed by atoms with E-state index in [0.717, 1.165) is 23.3 Å². The van der Waals surface area contributed by atoms with E-state index in [1.54, 1.807) is 0 Å². The van der Waals surface area contributed by atoms with E-state index in [-0.39, 0.29) is 42.6 Å². The molecule has 252 valence electrons. The summed E-state index contributed by atoms with van der Waals surface area (Å²) in [7, 11) is 4.40. The maximum absolute atomic E-state index is 12.1. The number of anilines is 2. The number of fused-ring (bicyclic) bond motifs is 6. The fourth-order valence-corrected chi connectivity index (χ4v) is 9.27. The smallest absolute Gasteiger partial charge is 0.477 e. The average Bonchev–Trinajstić information content (AvgIpc) is 3.03. The second-order valence-electron chi connectivity index (χ2n) is 15.7. The lowest BCUT2D eigenvalue weighted by Crippen LogP contribution is -2.54. The van der Waals surface area contributed by atoms with Crippen LogP contribution in [0.5, 0.6) is 11.5 Å². The van der Waals surface area contributed by atoms with Crippen molar-refractivity contribution in [2.45, 2.75) is 103 Å².